The molecule has 174 valence electrons. The molecule has 1 saturated heterocycles. The van der Waals surface area contributed by atoms with Crippen LogP contribution in [-0.2, 0) is 16.3 Å². The fourth-order valence-corrected chi connectivity index (χ4v) is 5.98. The topological polar surface area (TPSA) is 53.5 Å². The van der Waals surface area contributed by atoms with Crippen molar-refractivity contribution >= 4 is 32.1 Å². The Hall–Kier alpha value is -3.45. The van der Waals surface area contributed by atoms with Crippen LogP contribution in [0.3, 0.4) is 0 Å². The summed E-state index contributed by atoms with van der Waals surface area (Å²) in [4.78, 5) is 9.03. The predicted molar refractivity (Wildman–Crippen MR) is 134 cm³/mol. The summed E-state index contributed by atoms with van der Waals surface area (Å²) >= 11 is 0. The van der Waals surface area contributed by atoms with Crippen LogP contribution in [0.4, 0.5) is 15.8 Å². The van der Waals surface area contributed by atoms with E-state index in [0.717, 1.165) is 22.9 Å². The van der Waals surface area contributed by atoms with Crippen LogP contribution in [0.5, 0.6) is 0 Å². The Morgan fingerprint density at radius 2 is 1.50 bits per heavy atom. The smallest absolute Gasteiger partial charge is 0.210 e. The number of hydrogen-bond acceptors (Lipinski definition) is 5. The van der Waals surface area contributed by atoms with Crippen molar-refractivity contribution in [1.82, 2.24) is 4.98 Å². The van der Waals surface area contributed by atoms with Crippen LogP contribution in [0, 0.1) is 5.82 Å². The van der Waals surface area contributed by atoms with Gasteiger partial charge in [0.05, 0.1) is 21.8 Å². The van der Waals surface area contributed by atoms with E-state index in [0.29, 0.717) is 37.6 Å². The van der Waals surface area contributed by atoms with E-state index >= 15 is 0 Å². The van der Waals surface area contributed by atoms with Crippen LogP contribution in [0.25, 0.3) is 10.9 Å². The van der Waals surface area contributed by atoms with Crippen molar-refractivity contribution in [2.75, 3.05) is 36.0 Å². The maximum absolute atomic E-state index is 14.3. The number of fused-ring (bicyclic) bond motifs is 1. The minimum Gasteiger partial charge on any atom is -0.366 e. The number of halogens is 1. The summed E-state index contributed by atoms with van der Waals surface area (Å²) in [5, 5.41) is 0.799. The number of piperazine rings is 1. The third kappa shape index (κ3) is 4.01. The van der Waals surface area contributed by atoms with Crippen molar-refractivity contribution in [3.8, 4) is 0 Å². The van der Waals surface area contributed by atoms with E-state index in [2.05, 4.69) is 9.88 Å². The van der Waals surface area contributed by atoms with E-state index in [1.54, 1.807) is 24.3 Å². The van der Waals surface area contributed by atoms with Crippen molar-refractivity contribution in [2.45, 2.75) is 23.1 Å². The third-order valence-electron chi connectivity index (χ3n) is 6.43. The Morgan fingerprint density at radius 1 is 0.853 bits per heavy atom. The molecular weight excluding hydrogens is 449 g/mol. The zero-order valence-electron chi connectivity index (χ0n) is 19.0. The lowest BCUT2D eigenvalue weighted by Crippen LogP contribution is -2.47. The van der Waals surface area contributed by atoms with Gasteiger partial charge in [0, 0.05) is 37.8 Å². The number of benzene rings is 3. The number of anilines is 2. The molecule has 0 saturated carbocycles. The largest absolute Gasteiger partial charge is 0.366 e. The van der Waals surface area contributed by atoms with Gasteiger partial charge in [0.15, 0.2) is 0 Å². The molecule has 1 aromatic heterocycles. The van der Waals surface area contributed by atoms with E-state index in [9.17, 15) is 12.8 Å². The van der Waals surface area contributed by atoms with Crippen LogP contribution in [0.2, 0.25) is 0 Å². The van der Waals surface area contributed by atoms with Gasteiger partial charge in [-0.1, -0.05) is 49.4 Å². The summed E-state index contributed by atoms with van der Waals surface area (Å²) in [6.07, 6.45) is 2.32. The van der Waals surface area contributed by atoms with Gasteiger partial charge in [0.2, 0.25) is 9.84 Å². The second-order valence-electron chi connectivity index (χ2n) is 8.41. The van der Waals surface area contributed by atoms with Crippen LogP contribution < -0.4 is 9.80 Å². The van der Waals surface area contributed by atoms with E-state index in [4.69, 9.17) is 0 Å². The molecule has 4 aromatic rings. The normalized spacial score (nSPS) is 14.5. The fraction of sp³-hybridized carbons (Fsp3) is 0.222. The van der Waals surface area contributed by atoms with Crippen molar-refractivity contribution < 1.29 is 12.8 Å². The van der Waals surface area contributed by atoms with Crippen molar-refractivity contribution in [3.63, 3.8) is 0 Å². The SMILES string of the molecule is CCc1ccc(S(=O)(=O)c2cnc3ccccc3c2N2CCN(c3ccccc3F)CC2)cc1. The summed E-state index contributed by atoms with van der Waals surface area (Å²) in [5.41, 5.74) is 3.07. The molecule has 5 rings (SSSR count). The molecule has 1 fully saturated rings. The minimum absolute atomic E-state index is 0.204. The third-order valence-corrected chi connectivity index (χ3v) is 8.20. The molecule has 7 heteroatoms. The summed E-state index contributed by atoms with van der Waals surface area (Å²) in [7, 11) is -3.79. The lowest BCUT2D eigenvalue weighted by atomic mass is 10.1. The Bertz CT molecular complexity index is 1430. The maximum Gasteiger partial charge on any atom is 0.210 e. The summed E-state index contributed by atoms with van der Waals surface area (Å²) in [6.45, 7) is 4.35. The molecule has 1 aliphatic heterocycles. The second kappa shape index (κ2) is 9.06. The molecule has 2 heterocycles. The molecule has 0 atom stereocenters. The monoisotopic (exact) mass is 475 g/mol. The van der Waals surface area contributed by atoms with Crippen LogP contribution in [-0.4, -0.2) is 39.6 Å². The Balaban J connectivity index is 1.55. The summed E-state index contributed by atoms with van der Waals surface area (Å²) in [6, 6.07) is 21.4. The van der Waals surface area contributed by atoms with Gasteiger partial charge < -0.3 is 9.80 Å². The molecule has 0 bridgehead atoms. The first-order valence-electron chi connectivity index (χ1n) is 11.4. The van der Waals surface area contributed by atoms with Gasteiger partial charge in [0.25, 0.3) is 0 Å². The zero-order valence-corrected chi connectivity index (χ0v) is 19.8. The molecular formula is C27H26FN3O2S. The van der Waals surface area contributed by atoms with Crippen molar-refractivity contribution in [3.05, 3.63) is 90.4 Å². The Morgan fingerprint density at radius 3 is 2.21 bits per heavy atom. The average molecular weight is 476 g/mol. The molecule has 1 aliphatic rings. The highest BCUT2D eigenvalue weighted by molar-refractivity contribution is 7.91. The fourth-order valence-electron chi connectivity index (χ4n) is 4.54. The minimum atomic E-state index is -3.79. The highest BCUT2D eigenvalue weighted by Gasteiger charge is 2.29. The number of rotatable bonds is 5. The van der Waals surface area contributed by atoms with Crippen molar-refractivity contribution in [1.29, 1.82) is 0 Å². The molecule has 0 spiro atoms. The van der Waals surface area contributed by atoms with Gasteiger partial charge in [-0.25, -0.2) is 12.8 Å². The van der Waals surface area contributed by atoms with Gasteiger partial charge >= 0.3 is 0 Å². The van der Waals surface area contributed by atoms with E-state index in [1.165, 1.54) is 12.3 Å². The first kappa shape index (κ1) is 22.3. The average Bonchev–Trinajstić information content (AvgIpc) is 2.88. The molecule has 5 nitrogen and oxygen atoms in total. The lowest BCUT2D eigenvalue weighted by molar-refractivity contribution is 0.590. The van der Waals surface area contributed by atoms with Crippen LogP contribution in [0.15, 0.2) is 88.8 Å². The highest BCUT2D eigenvalue weighted by Crippen LogP contribution is 2.36. The number of para-hydroxylation sites is 2. The standard InChI is InChI=1S/C27H26FN3O2S/c1-2-20-11-13-21(14-12-20)34(32,33)26-19-29-24-9-5-3-7-22(24)27(26)31-17-15-30(16-18-31)25-10-6-4-8-23(25)28/h3-14,19H,2,15-18H2,1H3. The molecule has 0 amide bonds. The van der Waals surface area contributed by atoms with Gasteiger partial charge in [-0.15, -0.1) is 0 Å². The van der Waals surface area contributed by atoms with Crippen LogP contribution in [0.1, 0.15) is 12.5 Å². The van der Waals surface area contributed by atoms with Gasteiger partial charge in [-0.3, -0.25) is 4.98 Å². The molecule has 0 aliphatic carbocycles. The molecule has 34 heavy (non-hydrogen) atoms. The number of sulfone groups is 1. The second-order valence-corrected chi connectivity index (χ2v) is 10.3. The predicted octanol–water partition coefficient (Wildman–Crippen LogP) is 5.10. The molecule has 3 aromatic carbocycles. The Kier molecular flexibility index (Phi) is 5.96. The van der Waals surface area contributed by atoms with Gasteiger partial charge in [0.1, 0.15) is 10.7 Å². The highest BCUT2D eigenvalue weighted by atomic mass is 32.2. The van der Waals surface area contributed by atoms with Gasteiger partial charge in [-0.2, -0.15) is 0 Å². The van der Waals surface area contributed by atoms with Gasteiger partial charge in [-0.05, 0) is 42.3 Å². The Labute approximate surface area is 199 Å². The first-order chi connectivity index (χ1) is 16.5. The molecule has 0 radical (unpaired) electrons. The number of hydrogen-bond donors (Lipinski definition) is 0. The molecule has 0 unspecified atom stereocenters. The van der Waals surface area contributed by atoms with E-state index in [-0.39, 0.29) is 15.6 Å². The quantitative estimate of drug-likeness (QED) is 0.402. The summed E-state index contributed by atoms with van der Waals surface area (Å²) < 4.78 is 41.8. The first-order valence-corrected chi connectivity index (χ1v) is 12.9. The lowest BCUT2D eigenvalue weighted by Gasteiger charge is -2.38. The summed E-state index contributed by atoms with van der Waals surface area (Å²) in [5.74, 6) is -0.246. The maximum atomic E-state index is 14.3. The van der Waals surface area contributed by atoms with Crippen molar-refractivity contribution in [2.24, 2.45) is 0 Å². The van der Waals surface area contributed by atoms with E-state index in [1.807, 2.05) is 54.3 Å². The van der Waals surface area contributed by atoms with Crippen LogP contribution >= 0.6 is 0 Å². The molecule has 0 N–H and O–H groups in total. The number of aryl methyl sites for hydroxylation is 1. The van der Waals surface area contributed by atoms with E-state index < -0.39 is 9.84 Å². The zero-order chi connectivity index (χ0) is 23.7. The number of aromatic nitrogens is 1. The number of pyridine rings is 1. The number of nitrogens with zero attached hydrogens (tertiary/aromatic N) is 3.